The van der Waals surface area contributed by atoms with Crippen LogP contribution in [0.2, 0.25) is 0 Å². The second-order valence-corrected chi connectivity index (χ2v) is 16.0. The Bertz CT molecular complexity index is 1370. The number of esters is 2. The maximum Gasteiger partial charge on any atom is 0.329 e. The van der Waals surface area contributed by atoms with Crippen LogP contribution in [0.15, 0.2) is 30.3 Å². The van der Waals surface area contributed by atoms with Gasteiger partial charge in [0.1, 0.15) is 18.2 Å². The number of carbonyl (C=O) groups excluding carboxylic acids is 5. The summed E-state index contributed by atoms with van der Waals surface area (Å²) in [7, 11) is 5.07. The molecular weight excluding hydrogens is 650 g/mol. The fourth-order valence-corrected chi connectivity index (χ4v) is 7.82. The van der Waals surface area contributed by atoms with Crippen molar-refractivity contribution < 1.29 is 33.4 Å². The van der Waals surface area contributed by atoms with Gasteiger partial charge in [-0.1, -0.05) is 71.4 Å². The topological polar surface area (TPSA) is 129 Å². The number of nitrogens with zero attached hydrogens (tertiary/aromatic N) is 4. The highest BCUT2D eigenvalue weighted by Crippen LogP contribution is 2.30. The molecule has 0 aromatic heterocycles. The lowest BCUT2D eigenvalue weighted by Crippen LogP contribution is -2.61. The molecular formula is C39H61N5O7. The first-order valence-corrected chi connectivity index (χ1v) is 18.8. The Morgan fingerprint density at radius 1 is 0.902 bits per heavy atom. The fourth-order valence-electron chi connectivity index (χ4n) is 7.82. The third-order valence-electron chi connectivity index (χ3n) is 11.0. The maximum atomic E-state index is 14.3. The summed E-state index contributed by atoms with van der Waals surface area (Å²) in [5, 5.41) is 3.13. The highest BCUT2D eigenvalue weighted by molar-refractivity contribution is 5.91. The molecule has 3 fully saturated rings. The summed E-state index contributed by atoms with van der Waals surface area (Å²) in [5.41, 5.74) is 0.166. The van der Waals surface area contributed by atoms with E-state index >= 15 is 0 Å². The summed E-state index contributed by atoms with van der Waals surface area (Å²) in [5.74, 6) is -1.29. The molecule has 51 heavy (non-hydrogen) atoms. The highest BCUT2D eigenvalue weighted by atomic mass is 16.6. The average molecular weight is 712 g/mol. The molecule has 6 atom stereocenters. The van der Waals surface area contributed by atoms with Crippen LogP contribution in [0.25, 0.3) is 0 Å². The Labute approximate surface area is 304 Å². The van der Waals surface area contributed by atoms with Gasteiger partial charge in [0.05, 0.1) is 25.6 Å². The number of likely N-dealkylation sites (tertiary alicyclic amines) is 3. The SMILES string of the molecule is COC(=O)CC(OC(=O)C1CCCN1C(=O)C1CCCN1CC(C(C)C)N(C)C(=O)C(NC(=O)C1CCCCN1C)C(C)(C)C)c1ccccc1. The molecule has 1 N–H and O–H groups in total. The van der Waals surface area contributed by atoms with Crippen molar-refractivity contribution >= 4 is 29.7 Å². The van der Waals surface area contributed by atoms with E-state index in [1.54, 1.807) is 21.9 Å². The molecule has 12 nitrogen and oxygen atoms in total. The number of benzene rings is 1. The van der Waals surface area contributed by atoms with Crippen LogP contribution in [0.3, 0.4) is 0 Å². The van der Waals surface area contributed by atoms with Crippen molar-refractivity contribution in [2.24, 2.45) is 11.3 Å². The summed E-state index contributed by atoms with van der Waals surface area (Å²) in [6.45, 7) is 12.6. The van der Waals surface area contributed by atoms with Crippen molar-refractivity contribution in [2.45, 2.75) is 122 Å². The molecule has 0 saturated carbocycles. The average Bonchev–Trinajstić information content (AvgIpc) is 3.78. The van der Waals surface area contributed by atoms with Gasteiger partial charge in [0.25, 0.3) is 0 Å². The van der Waals surface area contributed by atoms with Gasteiger partial charge < -0.3 is 24.6 Å². The van der Waals surface area contributed by atoms with Crippen LogP contribution in [0.1, 0.15) is 97.7 Å². The molecule has 12 heteroatoms. The van der Waals surface area contributed by atoms with Crippen LogP contribution in [0.5, 0.6) is 0 Å². The molecule has 1 aromatic rings. The van der Waals surface area contributed by atoms with E-state index in [-0.39, 0.29) is 42.1 Å². The predicted octanol–water partition coefficient (Wildman–Crippen LogP) is 3.79. The number of likely N-dealkylation sites (N-methyl/N-ethyl adjacent to an activating group) is 2. The zero-order chi connectivity index (χ0) is 37.5. The molecule has 3 amide bonds. The lowest BCUT2D eigenvalue weighted by Gasteiger charge is -2.41. The standard InChI is InChI=1S/C39H61N5O7/c1-26(2)31(42(7)37(48)34(39(3,4)5)40-35(46)28-18-12-13-21-41(28)6)25-43-22-14-19-29(43)36(47)44-23-15-20-30(44)38(49)51-32(24-33(45)50-8)27-16-10-9-11-17-27/h9-11,16-17,26,28-32,34H,12-15,18-25H2,1-8H3,(H,40,46). The number of ether oxygens (including phenoxy) is 2. The smallest absolute Gasteiger partial charge is 0.329 e. The number of rotatable bonds is 13. The Balaban J connectivity index is 1.45. The summed E-state index contributed by atoms with van der Waals surface area (Å²) in [4.78, 5) is 75.4. The van der Waals surface area contributed by atoms with Crippen molar-refractivity contribution in [1.29, 1.82) is 0 Å². The van der Waals surface area contributed by atoms with E-state index < -0.39 is 41.6 Å². The van der Waals surface area contributed by atoms with Crippen LogP contribution < -0.4 is 5.32 Å². The van der Waals surface area contributed by atoms with Crippen molar-refractivity contribution in [3.05, 3.63) is 35.9 Å². The van der Waals surface area contributed by atoms with Gasteiger partial charge in [0.15, 0.2) is 0 Å². The Kier molecular flexibility index (Phi) is 14.1. The van der Waals surface area contributed by atoms with Gasteiger partial charge in [0.2, 0.25) is 17.7 Å². The van der Waals surface area contributed by atoms with Gasteiger partial charge in [-0.05, 0) is 75.6 Å². The van der Waals surface area contributed by atoms with Crippen LogP contribution >= 0.6 is 0 Å². The largest absolute Gasteiger partial charge is 0.469 e. The van der Waals surface area contributed by atoms with Crippen molar-refractivity contribution in [3.63, 3.8) is 0 Å². The van der Waals surface area contributed by atoms with Gasteiger partial charge in [-0.25, -0.2) is 4.79 Å². The first kappa shape index (κ1) is 40.3. The first-order chi connectivity index (χ1) is 24.1. The minimum Gasteiger partial charge on any atom is -0.469 e. The van der Waals surface area contributed by atoms with Crippen LogP contribution in [0, 0.1) is 11.3 Å². The zero-order valence-corrected chi connectivity index (χ0v) is 32.1. The lowest BCUT2D eigenvalue weighted by molar-refractivity contribution is -0.162. The van der Waals surface area contributed by atoms with Gasteiger partial charge in [0, 0.05) is 26.2 Å². The van der Waals surface area contributed by atoms with Crippen molar-refractivity contribution in [2.75, 3.05) is 47.4 Å². The van der Waals surface area contributed by atoms with Gasteiger partial charge >= 0.3 is 11.9 Å². The molecule has 1 aromatic carbocycles. The van der Waals surface area contributed by atoms with Crippen LogP contribution in [-0.2, 0) is 33.4 Å². The van der Waals surface area contributed by atoms with E-state index in [1.165, 1.54) is 7.11 Å². The van der Waals surface area contributed by atoms with Gasteiger partial charge in [-0.2, -0.15) is 0 Å². The third-order valence-corrected chi connectivity index (χ3v) is 11.0. The number of hydrogen-bond donors (Lipinski definition) is 1. The number of carbonyl (C=O) groups is 5. The zero-order valence-electron chi connectivity index (χ0n) is 32.1. The Morgan fingerprint density at radius 3 is 2.18 bits per heavy atom. The molecule has 3 aliphatic heterocycles. The molecule has 0 bridgehead atoms. The Morgan fingerprint density at radius 2 is 1.55 bits per heavy atom. The lowest BCUT2D eigenvalue weighted by atomic mass is 9.84. The monoisotopic (exact) mass is 711 g/mol. The van der Waals surface area contributed by atoms with Crippen molar-refractivity contribution in [1.82, 2.24) is 24.9 Å². The second kappa shape index (κ2) is 17.8. The van der Waals surface area contributed by atoms with E-state index in [4.69, 9.17) is 9.47 Å². The molecule has 3 aliphatic rings. The van der Waals surface area contributed by atoms with Gasteiger partial charge in [-0.15, -0.1) is 0 Å². The summed E-state index contributed by atoms with van der Waals surface area (Å²) in [6.07, 6.45) is 4.53. The second-order valence-electron chi connectivity index (χ2n) is 16.0. The fraction of sp³-hybridized carbons (Fsp3) is 0.718. The number of hydrogen-bond acceptors (Lipinski definition) is 9. The molecule has 6 unspecified atom stereocenters. The molecule has 0 spiro atoms. The van der Waals surface area contributed by atoms with Crippen LogP contribution in [0.4, 0.5) is 0 Å². The number of amides is 3. The summed E-state index contributed by atoms with van der Waals surface area (Å²) in [6, 6.07) is 6.74. The molecule has 284 valence electrons. The normalized spacial score (nSPS) is 23.4. The first-order valence-electron chi connectivity index (χ1n) is 18.8. The number of piperidine rings is 1. The summed E-state index contributed by atoms with van der Waals surface area (Å²) < 4.78 is 10.8. The molecule has 4 rings (SSSR count). The maximum absolute atomic E-state index is 14.3. The highest BCUT2D eigenvalue weighted by Gasteiger charge is 2.44. The quantitative estimate of drug-likeness (QED) is 0.304. The molecule has 3 saturated heterocycles. The predicted molar refractivity (Wildman–Crippen MR) is 194 cm³/mol. The van der Waals surface area contributed by atoms with E-state index in [0.29, 0.717) is 44.5 Å². The third kappa shape index (κ3) is 10.1. The minimum atomic E-state index is -0.822. The Hall–Kier alpha value is -3.51. The van der Waals surface area contributed by atoms with Crippen molar-refractivity contribution in [3.8, 4) is 0 Å². The van der Waals surface area contributed by atoms with E-state index in [1.807, 2.05) is 53.1 Å². The molecule has 3 heterocycles. The van der Waals surface area contributed by atoms with Crippen LogP contribution in [-0.4, -0.2) is 127 Å². The molecule has 0 aliphatic carbocycles. The van der Waals surface area contributed by atoms with E-state index in [9.17, 15) is 24.0 Å². The van der Waals surface area contributed by atoms with E-state index in [2.05, 4.69) is 29.0 Å². The van der Waals surface area contributed by atoms with E-state index in [0.717, 1.165) is 32.2 Å². The number of methoxy groups -OCH3 is 1. The molecule has 0 radical (unpaired) electrons. The summed E-state index contributed by atoms with van der Waals surface area (Å²) >= 11 is 0. The number of nitrogens with one attached hydrogen (secondary N) is 1. The van der Waals surface area contributed by atoms with Gasteiger partial charge in [-0.3, -0.25) is 29.0 Å². The minimum absolute atomic E-state index is 0.0790.